The Balaban J connectivity index is 2.17. The van der Waals surface area contributed by atoms with Gasteiger partial charge in [0, 0.05) is 23.2 Å². The molecule has 2 atom stereocenters. The quantitative estimate of drug-likeness (QED) is 0.874. The Kier molecular flexibility index (Phi) is 4.67. The van der Waals surface area contributed by atoms with Gasteiger partial charge >= 0.3 is 0 Å². The lowest BCUT2D eigenvalue weighted by Gasteiger charge is -2.21. The van der Waals surface area contributed by atoms with Crippen LogP contribution in [0.15, 0.2) is 12.1 Å². The summed E-state index contributed by atoms with van der Waals surface area (Å²) in [5, 5.41) is 3.57. The summed E-state index contributed by atoms with van der Waals surface area (Å²) in [5.41, 5.74) is 1.32. The SMILES string of the molecule is COc1cc(OC)c(C2CC2CNC(C)(C)C)c(OC)c1. The molecule has 1 aliphatic rings. The molecule has 1 aliphatic carbocycles. The normalized spacial score (nSPS) is 21.0. The number of methoxy groups -OCH3 is 3. The fraction of sp³-hybridized carbons (Fsp3) is 0.647. The van der Waals surface area contributed by atoms with E-state index in [4.69, 9.17) is 14.2 Å². The smallest absolute Gasteiger partial charge is 0.129 e. The Morgan fingerprint density at radius 1 is 1.05 bits per heavy atom. The zero-order valence-electron chi connectivity index (χ0n) is 13.9. The van der Waals surface area contributed by atoms with Crippen molar-refractivity contribution in [2.24, 2.45) is 5.92 Å². The van der Waals surface area contributed by atoms with Gasteiger partial charge in [0.1, 0.15) is 17.2 Å². The number of benzene rings is 1. The molecule has 2 unspecified atom stereocenters. The highest BCUT2D eigenvalue weighted by atomic mass is 16.5. The molecule has 1 saturated carbocycles. The lowest BCUT2D eigenvalue weighted by atomic mass is 10.0. The molecule has 0 amide bonds. The second-order valence-corrected chi connectivity index (χ2v) is 6.68. The van der Waals surface area contributed by atoms with Crippen LogP contribution in [-0.4, -0.2) is 33.4 Å². The Morgan fingerprint density at radius 3 is 2.05 bits per heavy atom. The van der Waals surface area contributed by atoms with Crippen molar-refractivity contribution in [2.75, 3.05) is 27.9 Å². The van der Waals surface area contributed by atoms with Gasteiger partial charge in [-0.3, -0.25) is 0 Å². The van der Waals surface area contributed by atoms with Crippen LogP contribution in [0.3, 0.4) is 0 Å². The average Bonchev–Trinajstić information content (AvgIpc) is 3.22. The summed E-state index contributed by atoms with van der Waals surface area (Å²) in [6, 6.07) is 3.87. The van der Waals surface area contributed by atoms with Crippen LogP contribution in [0.5, 0.6) is 17.2 Å². The van der Waals surface area contributed by atoms with Crippen molar-refractivity contribution in [2.45, 2.75) is 38.6 Å². The highest BCUT2D eigenvalue weighted by molar-refractivity contribution is 5.54. The average molecular weight is 293 g/mol. The summed E-state index contributed by atoms with van der Waals surface area (Å²) in [7, 11) is 5.05. The molecule has 1 fully saturated rings. The summed E-state index contributed by atoms with van der Waals surface area (Å²) in [4.78, 5) is 0. The Bertz CT molecular complexity index is 468. The number of ether oxygens (including phenoxy) is 3. The van der Waals surface area contributed by atoms with Crippen LogP contribution in [0.1, 0.15) is 38.7 Å². The van der Waals surface area contributed by atoms with Crippen LogP contribution in [0, 0.1) is 5.92 Å². The van der Waals surface area contributed by atoms with Gasteiger partial charge in [0.05, 0.1) is 21.3 Å². The second kappa shape index (κ2) is 6.14. The molecule has 21 heavy (non-hydrogen) atoms. The van der Waals surface area contributed by atoms with Gasteiger partial charge in [-0.25, -0.2) is 0 Å². The van der Waals surface area contributed by atoms with Gasteiger partial charge in [-0.2, -0.15) is 0 Å². The molecule has 2 rings (SSSR count). The molecule has 0 heterocycles. The first kappa shape index (κ1) is 16.0. The highest BCUT2D eigenvalue weighted by Gasteiger charge is 2.42. The summed E-state index contributed by atoms with van der Waals surface area (Å²) >= 11 is 0. The molecule has 0 aliphatic heterocycles. The van der Waals surface area contributed by atoms with Crippen molar-refractivity contribution in [1.29, 1.82) is 0 Å². The van der Waals surface area contributed by atoms with E-state index < -0.39 is 0 Å². The van der Waals surface area contributed by atoms with E-state index in [9.17, 15) is 0 Å². The van der Waals surface area contributed by atoms with Crippen molar-refractivity contribution in [3.8, 4) is 17.2 Å². The van der Waals surface area contributed by atoms with E-state index in [1.807, 2.05) is 12.1 Å². The predicted molar refractivity (Wildman–Crippen MR) is 84.7 cm³/mol. The maximum absolute atomic E-state index is 5.54. The van der Waals surface area contributed by atoms with E-state index in [2.05, 4.69) is 26.1 Å². The minimum atomic E-state index is 0.154. The molecule has 1 aromatic rings. The number of nitrogens with one attached hydrogen (secondary N) is 1. The zero-order valence-corrected chi connectivity index (χ0v) is 13.9. The molecule has 118 valence electrons. The zero-order chi connectivity index (χ0) is 15.6. The highest BCUT2D eigenvalue weighted by Crippen LogP contribution is 2.54. The van der Waals surface area contributed by atoms with Crippen molar-refractivity contribution in [3.63, 3.8) is 0 Å². The third-order valence-electron chi connectivity index (χ3n) is 3.94. The van der Waals surface area contributed by atoms with E-state index in [0.29, 0.717) is 11.8 Å². The standard InChI is InChI=1S/C17H27NO3/c1-17(2,3)18-10-11-7-13(11)16-14(20-5)8-12(19-4)9-15(16)21-6/h8-9,11,13,18H,7,10H2,1-6H3. The van der Waals surface area contributed by atoms with Crippen molar-refractivity contribution in [3.05, 3.63) is 17.7 Å². The van der Waals surface area contributed by atoms with Gasteiger partial charge in [0.2, 0.25) is 0 Å². The molecule has 0 radical (unpaired) electrons. The van der Waals surface area contributed by atoms with E-state index >= 15 is 0 Å². The molecule has 1 N–H and O–H groups in total. The molecular formula is C17H27NO3. The van der Waals surface area contributed by atoms with Gasteiger partial charge in [-0.1, -0.05) is 0 Å². The first-order valence-corrected chi connectivity index (χ1v) is 7.44. The minimum Gasteiger partial charge on any atom is -0.496 e. The molecule has 0 aromatic heterocycles. The first-order chi connectivity index (χ1) is 9.89. The summed E-state index contributed by atoms with van der Waals surface area (Å²) in [6.07, 6.45) is 1.17. The summed E-state index contributed by atoms with van der Waals surface area (Å²) in [6.45, 7) is 7.60. The Hall–Kier alpha value is -1.42. The molecule has 4 heteroatoms. The van der Waals surface area contributed by atoms with Crippen LogP contribution < -0.4 is 19.5 Å². The Labute approximate surface area is 127 Å². The number of hydrogen-bond acceptors (Lipinski definition) is 4. The number of hydrogen-bond donors (Lipinski definition) is 1. The van der Waals surface area contributed by atoms with Gasteiger partial charge < -0.3 is 19.5 Å². The summed E-state index contributed by atoms with van der Waals surface area (Å²) < 4.78 is 16.4. The molecule has 0 spiro atoms. The lowest BCUT2D eigenvalue weighted by Crippen LogP contribution is -2.37. The fourth-order valence-corrected chi connectivity index (χ4v) is 2.66. The third-order valence-corrected chi connectivity index (χ3v) is 3.94. The number of rotatable bonds is 6. The predicted octanol–water partition coefficient (Wildman–Crippen LogP) is 3.20. The van der Waals surface area contributed by atoms with Crippen molar-refractivity contribution < 1.29 is 14.2 Å². The van der Waals surface area contributed by atoms with Gasteiger partial charge in [0.15, 0.2) is 0 Å². The maximum atomic E-state index is 5.54. The first-order valence-electron chi connectivity index (χ1n) is 7.44. The van der Waals surface area contributed by atoms with Crippen LogP contribution in [-0.2, 0) is 0 Å². The van der Waals surface area contributed by atoms with Crippen LogP contribution >= 0.6 is 0 Å². The molecule has 1 aromatic carbocycles. The lowest BCUT2D eigenvalue weighted by molar-refractivity contribution is 0.367. The van der Waals surface area contributed by atoms with E-state index in [1.165, 1.54) is 12.0 Å². The van der Waals surface area contributed by atoms with E-state index in [-0.39, 0.29) is 5.54 Å². The minimum absolute atomic E-state index is 0.154. The van der Waals surface area contributed by atoms with Crippen molar-refractivity contribution >= 4 is 0 Å². The van der Waals surface area contributed by atoms with Crippen LogP contribution in [0.25, 0.3) is 0 Å². The van der Waals surface area contributed by atoms with Gasteiger partial charge in [0.25, 0.3) is 0 Å². The van der Waals surface area contributed by atoms with E-state index in [0.717, 1.165) is 23.8 Å². The largest absolute Gasteiger partial charge is 0.496 e. The third kappa shape index (κ3) is 3.82. The Morgan fingerprint density at radius 2 is 1.62 bits per heavy atom. The second-order valence-electron chi connectivity index (χ2n) is 6.68. The fourth-order valence-electron chi connectivity index (χ4n) is 2.66. The maximum Gasteiger partial charge on any atom is 0.129 e. The monoisotopic (exact) mass is 293 g/mol. The van der Waals surface area contributed by atoms with Gasteiger partial charge in [-0.05, 0) is 45.6 Å². The molecule has 4 nitrogen and oxygen atoms in total. The van der Waals surface area contributed by atoms with Crippen molar-refractivity contribution in [1.82, 2.24) is 5.32 Å². The van der Waals surface area contributed by atoms with E-state index in [1.54, 1.807) is 21.3 Å². The van der Waals surface area contributed by atoms with Gasteiger partial charge in [-0.15, -0.1) is 0 Å². The van der Waals surface area contributed by atoms with Crippen LogP contribution in [0.2, 0.25) is 0 Å². The molecule has 0 saturated heterocycles. The summed E-state index contributed by atoms with van der Waals surface area (Å²) in [5.74, 6) is 3.61. The van der Waals surface area contributed by atoms with Crippen LogP contribution in [0.4, 0.5) is 0 Å². The topological polar surface area (TPSA) is 39.7 Å². The molecule has 0 bridgehead atoms. The molecular weight excluding hydrogens is 266 g/mol.